The quantitative estimate of drug-likeness (QED) is 0.864. The lowest BCUT2D eigenvalue weighted by Crippen LogP contribution is -2.47. The van der Waals surface area contributed by atoms with Gasteiger partial charge in [-0.3, -0.25) is 0 Å². The van der Waals surface area contributed by atoms with Gasteiger partial charge >= 0.3 is 0 Å². The lowest BCUT2D eigenvalue weighted by atomic mass is 10.2. The molecule has 1 aromatic heterocycles. The monoisotopic (exact) mass is 342 g/mol. The number of ether oxygens (including phenoxy) is 1. The van der Waals surface area contributed by atoms with Crippen LogP contribution in [0.5, 0.6) is 5.75 Å². The molecule has 0 aliphatic carbocycles. The van der Waals surface area contributed by atoms with Crippen molar-refractivity contribution in [2.75, 3.05) is 55.0 Å². The Morgan fingerprint density at radius 3 is 2.56 bits per heavy atom. The number of nitrogens with one attached hydrogen (secondary N) is 1. The zero-order valence-corrected chi connectivity index (χ0v) is 15.1. The summed E-state index contributed by atoms with van der Waals surface area (Å²) in [5.74, 6) is 2.94. The lowest BCUT2D eigenvalue weighted by molar-refractivity contribution is 0.413. The van der Waals surface area contributed by atoms with E-state index in [-0.39, 0.29) is 0 Å². The topological polar surface area (TPSA) is 66.4 Å². The Morgan fingerprint density at radius 1 is 1.12 bits per heavy atom. The predicted molar refractivity (Wildman–Crippen MR) is 101 cm³/mol. The first-order valence-corrected chi connectivity index (χ1v) is 8.74. The van der Waals surface area contributed by atoms with Crippen molar-refractivity contribution in [2.24, 2.45) is 5.92 Å². The lowest BCUT2D eigenvalue weighted by Gasteiger charge is -2.36. The molecule has 2 heterocycles. The molecule has 3 rings (SSSR count). The molecule has 0 bridgehead atoms. The van der Waals surface area contributed by atoms with Gasteiger partial charge in [0.2, 0.25) is 5.95 Å². The van der Waals surface area contributed by atoms with Crippen molar-refractivity contribution in [3.8, 4) is 5.75 Å². The molecule has 2 aromatic rings. The molecule has 134 valence electrons. The van der Waals surface area contributed by atoms with Crippen molar-refractivity contribution < 1.29 is 4.74 Å². The van der Waals surface area contributed by atoms with E-state index < -0.39 is 0 Å². The van der Waals surface area contributed by atoms with Gasteiger partial charge in [0, 0.05) is 32.7 Å². The summed E-state index contributed by atoms with van der Waals surface area (Å²) in [5.41, 5.74) is 1.14. The smallest absolute Gasteiger partial charge is 0.247 e. The zero-order valence-electron chi connectivity index (χ0n) is 15.1. The SMILES string of the molecule is COc1ccccc1N1CCN(c2nncc(NCC(C)C)n2)CC1. The normalized spacial score (nSPS) is 14.7. The number of benzene rings is 1. The zero-order chi connectivity index (χ0) is 17.6. The first kappa shape index (κ1) is 17.3. The second-order valence-corrected chi connectivity index (χ2v) is 6.56. The van der Waals surface area contributed by atoms with Crippen LogP contribution in [0.3, 0.4) is 0 Å². The molecule has 0 unspecified atom stereocenters. The summed E-state index contributed by atoms with van der Waals surface area (Å²) in [7, 11) is 1.71. The Morgan fingerprint density at radius 2 is 1.84 bits per heavy atom. The number of hydrogen-bond acceptors (Lipinski definition) is 7. The van der Waals surface area contributed by atoms with Gasteiger partial charge in [0.15, 0.2) is 5.82 Å². The maximum atomic E-state index is 5.47. The van der Waals surface area contributed by atoms with Gasteiger partial charge in [-0.15, -0.1) is 5.10 Å². The summed E-state index contributed by atoms with van der Waals surface area (Å²) in [5, 5.41) is 11.6. The summed E-state index contributed by atoms with van der Waals surface area (Å²) in [6.45, 7) is 8.71. The van der Waals surface area contributed by atoms with Gasteiger partial charge in [0.05, 0.1) is 19.0 Å². The van der Waals surface area contributed by atoms with Crippen LogP contribution in [0.15, 0.2) is 30.5 Å². The second-order valence-electron chi connectivity index (χ2n) is 6.56. The number of anilines is 3. The fourth-order valence-corrected chi connectivity index (χ4v) is 2.86. The summed E-state index contributed by atoms with van der Waals surface area (Å²) in [6, 6.07) is 8.14. The van der Waals surface area contributed by atoms with Crippen molar-refractivity contribution >= 4 is 17.5 Å². The van der Waals surface area contributed by atoms with Crippen LogP contribution < -0.4 is 19.9 Å². The molecule has 0 radical (unpaired) electrons. The number of para-hydroxylation sites is 2. The van der Waals surface area contributed by atoms with E-state index in [2.05, 4.69) is 50.2 Å². The van der Waals surface area contributed by atoms with E-state index in [1.165, 1.54) is 0 Å². The molecule has 1 fully saturated rings. The summed E-state index contributed by atoms with van der Waals surface area (Å²) in [4.78, 5) is 9.11. The van der Waals surface area contributed by atoms with Crippen molar-refractivity contribution in [2.45, 2.75) is 13.8 Å². The summed E-state index contributed by atoms with van der Waals surface area (Å²) < 4.78 is 5.47. The highest BCUT2D eigenvalue weighted by Crippen LogP contribution is 2.28. The molecule has 25 heavy (non-hydrogen) atoms. The Balaban J connectivity index is 1.63. The molecule has 1 aliphatic heterocycles. The van der Waals surface area contributed by atoms with Gasteiger partial charge in [0.25, 0.3) is 0 Å². The van der Waals surface area contributed by atoms with Gasteiger partial charge in [-0.1, -0.05) is 26.0 Å². The van der Waals surface area contributed by atoms with E-state index >= 15 is 0 Å². The molecule has 1 N–H and O–H groups in total. The van der Waals surface area contributed by atoms with Crippen molar-refractivity contribution in [1.29, 1.82) is 0 Å². The minimum atomic E-state index is 0.558. The van der Waals surface area contributed by atoms with Gasteiger partial charge in [-0.2, -0.15) is 10.1 Å². The van der Waals surface area contributed by atoms with Crippen LogP contribution in [0.2, 0.25) is 0 Å². The van der Waals surface area contributed by atoms with Crippen molar-refractivity contribution in [1.82, 2.24) is 15.2 Å². The number of piperazine rings is 1. The molecule has 0 spiro atoms. The van der Waals surface area contributed by atoms with Gasteiger partial charge in [-0.25, -0.2) is 0 Å². The minimum absolute atomic E-state index is 0.558. The number of methoxy groups -OCH3 is 1. The molecule has 1 aromatic carbocycles. The van der Waals surface area contributed by atoms with Crippen LogP contribution in [0.25, 0.3) is 0 Å². The molecular weight excluding hydrogens is 316 g/mol. The predicted octanol–water partition coefficient (Wildman–Crippen LogP) is 2.27. The fraction of sp³-hybridized carbons (Fsp3) is 0.500. The molecule has 1 aliphatic rings. The number of hydrogen-bond donors (Lipinski definition) is 1. The maximum absolute atomic E-state index is 5.47. The van der Waals surface area contributed by atoms with Crippen LogP contribution in [0, 0.1) is 5.92 Å². The van der Waals surface area contributed by atoms with Crippen LogP contribution in [0.1, 0.15) is 13.8 Å². The van der Waals surface area contributed by atoms with E-state index in [1.54, 1.807) is 13.3 Å². The Hall–Kier alpha value is -2.57. The third-order valence-corrected chi connectivity index (χ3v) is 4.23. The number of rotatable bonds is 6. The Labute approximate surface area is 149 Å². The highest BCUT2D eigenvalue weighted by molar-refractivity contribution is 5.59. The van der Waals surface area contributed by atoms with E-state index in [4.69, 9.17) is 4.74 Å². The Bertz CT molecular complexity index is 685. The molecule has 0 atom stereocenters. The maximum Gasteiger partial charge on any atom is 0.247 e. The van der Waals surface area contributed by atoms with E-state index in [9.17, 15) is 0 Å². The molecule has 7 heteroatoms. The average Bonchev–Trinajstić information content (AvgIpc) is 2.66. The highest BCUT2D eigenvalue weighted by Gasteiger charge is 2.21. The fourth-order valence-electron chi connectivity index (χ4n) is 2.86. The average molecular weight is 342 g/mol. The number of nitrogens with zero attached hydrogens (tertiary/aromatic N) is 5. The van der Waals surface area contributed by atoms with Crippen LogP contribution in [-0.2, 0) is 0 Å². The van der Waals surface area contributed by atoms with Crippen molar-refractivity contribution in [3.63, 3.8) is 0 Å². The first-order chi connectivity index (χ1) is 12.2. The van der Waals surface area contributed by atoms with Crippen LogP contribution in [-0.4, -0.2) is 55.0 Å². The molecule has 0 saturated carbocycles. The summed E-state index contributed by atoms with van der Waals surface area (Å²) >= 11 is 0. The van der Waals surface area contributed by atoms with Crippen LogP contribution in [0.4, 0.5) is 17.5 Å². The van der Waals surface area contributed by atoms with Crippen molar-refractivity contribution in [3.05, 3.63) is 30.5 Å². The molecule has 0 amide bonds. The highest BCUT2D eigenvalue weighted by atomic mass is 16.5. The molecular formula is C18H26N6O. The third-order valence-electron chi connectivity index (χ3n) is 4.23. The second kappa shape index (κ2) is 8.00. The van der Waals surface area contributed by atoms with Gasteiger partial charge < -0.3 is 19.9 Å². The van der Waals surface area contributed by atoms with E-state index in [0.717, 1.165) is 50.0 Å². The largest absolute Gasteiger partial charge is 0.495 e. The first-order valence-electron chi connectivity index (χ1n) is 8.74. The minimum Gasteiger partial charge on any atom is -0.495 e. The number of aromatic nitrogens is 3. The van der Waals surface area contributed by atoms with Gasteiger partial charge in [-0.05, 0) is 18.1 Å². The standard InChI is InChI=1S/C18H26N6O/c1-14(2)12-19-17-13-20-22-18(21-17)24-10-8-23(9-11-24)15-6-4-5-7-16(15)25-3/h4-7,13-14H,8-12H2,1-3H3,(H,19,21,22). The van der Waals surface area contributed by atoms with Gasteiger partial charge in [0.1, 0.15) is 5.75 Å². The summed E-state index contributed by atoms with van der Waals surface area (Å²) in [6.07, 6.45) is 1.68. The molecule has 1 saturated heterocycles. The van der Waals surface area contributed by atoms with E-state index in [0.29, 0.717) is 11.9 Å². The third kappa shape index (κ3) is 4.29. The Kier molecular flexibility index (Phi) is 5.53. The van der Waals surface area contributed by atoms with Crippen LogP contribution >= 0.6 is 0 Å². The van der Waals surface area contributed by atoms with E-state index in [1.807, 2.05) is 18.2 Å². The molecule has 7 nitrogen and oxygen atoms in total.